The molecule has 1 amide bonds. The Labute approximate surface area is 125 Å². The van der Waals surface area contributed by atoms with E-state index in [0.29, 0.717) is 18.5 Å². The zero-order valence-electron chi connectivity index (χ0n) is 11.3. The summed E-state index contributed by atoms with van der Waals surface area (Å²) < 4.78 is 6.23. The molecule has 0 radical (unpaired) electrons. The van der Waals surface area contributed by atoms with Crippen LogP contribution < -0.4 is 5.32 Å². The number of carboxylic acids is 1. The number of anilines is 1. The fraction of sp³-hybridized carbons (Fsp3) is 0.429. The first kappa shape index (κ1) is 15.0. The van der Waals surface area contributed by atoms with Crippen molar-refractivity contribution in [1.29, 1.82) is 0 Å². The molecule has 1 aromatic carbocycles. The zero-order valence-corrected chi connectivity index (χ0v) is 12.9. The van der Waals surface area contributed by atoms with Gasteiger partial charge in [-0.25, -0.2) is 4.79 Å². The van der Waals surface area contributed by atoms with Gasteiger partial charge in [0.05, 0.1) is 0 Å². The number of hydrogen-bond donors (Lipinski definition) is 2. The Morgan fingerprint density at radius 2 is 1.80 bits per heavy atom. The first-order valence-corrected chi connectivity index (χ1v) is 7.13. The highest BCUT2D eigenvalue weighted by Gasteiger charge is 2.34. The van der Waals surface area contributed by atoms with Crippen LogP contribution in [-0.2, 0) is 14.3 Å². The number of amides is 1. The van der Waals surface area contributed by atoms with E-state index in [0.717, 1.165) is 15.6 Å². The van der Waals surface area contributed by atoms with Gasteiger partial charge < -0.3 is 15.2 Å². The van der Waals surface area contributed by atoms with Crippen LogP contribution in [0.3, 0.4) is 0 Å². The quantitative estimate of drug-likeness (QED) is 0.886. The number of rotatable bonds is 3. The maximum absolute atomic E-state index is 12.0. The Hall–Kier alpha value is -1.40. The second-order valence-corrected chi connectivity index (χ2v) is 5.74. The summed E-state index contributed by atoms with van der Waals surface area (Å²) in [6.45, 7) is 3.89. The number of hydrogen-bond acceptors (Lipinski definition) is 3. The highest BCUT2D eigenvalue weighted by molar-refractivity contribution is 9.10. The molecule has 0 unspecified atom stereocenters. The summed E-state index contributed by atoms with van der Waals surface area (Å²) in [6.07, 6.45) is -0.775. The molecule has 1 aliphatic heterocycles. The van der Waals surface area contributed by atoms with E-state index in [9.17, 15) is 9.59 Å². The number of carbonyl (C=O) groups is 2. The molecule has 5 nitrogen and oxygen atoms in total. The van der Waals surface area contributed by atoms with Gasteiger partial charge in [0.15, 0.2) is 6.10 Å². The molecule has 0 aliphatic carbocycles. The number of carboxylic acid groups (broad SMARTS) is 1. The maximum atomic E-state index is 12.0. The molecule has 1 aromatic rings. The number of nitrogens with one attached hydrogen (secondary N) is 1. The summed E-state index contributed by atoms with van der Waals surface area (Å²) in [5.74, 6) is -1.31. The third-order valence-corrected chi connectivity index (χ3v) is 4.54. The average molecular weight is 342 g/mol. The summed E-state index contributed by atoms with van der Waals surface area (Å²) in [5.41, 5.74) is 2.74. The summed E-state index contributed by atoms with van der Waals surface area (Å²) in [5, 5.41) is 11.6. The molecule has 1 fully saturated rings. The number of carbonyl (C=O) groups excluding carboxylic acids is 1. The van der Waals surface area contributed by atoms with Crippen LogP contribution in [0, 0.1) is 13.8 Å². The van der Waals surface area contributed by atoms with Gasteiger partial charge in [-0.05, 0) is 49.9 Å². The zero-order chi connectivity index (χ0) is 14.9. The number of aryl methyl sites for hydroxylation is 2. The Kier molecular flexibility index (Phi) is 4.45. The second kappa shape index (κ2) is 5.93. The molecule has 2 N–H and O–H groups in total. The molecule has 108 valence electrons. The SMILES string of the molecule is Cc1cc(NC(=O)[C@@H]2CC[C@H](C(=O)O)O2)cc(C)c1Br. The Morgan fingerprint density at radius 1 is 1.25 bits per heavy atom. The maximum Gasteiger partial charge on any atom is 0.332 e. The molecule has 0 saturated carbocycles. The molecule has 0 spiro atoms. The third kappa shape index (κ3) is 3.19. The monoisotopic (exact) mass is 341 g/mol. The highest BCUT2D eigenvalue weighted by Crippen LogP contribution is 2.26. The van der Waals surface area contributed by atoms with Crippen molar-refractivity contribution in [3.05, 3.63) is 27.7 Å². The largest absolute Gasteiger partial charge is 0.479 e. The molecule has 1 aliphatic rings. The summed E-state index contributed by atoms with van der Waals surface area (Å²) >= 11 is 3.47. The third-order valence-electron chi connectivity index (χ3n) is 3.29. The fourth-order valence-corrected chi connectivity index (χ4v) is 2.48. The van der Waals surface area contributed by atoms with E-state index in [-0.39, 0.29) is 5.91 Å². The molecule has 1 heterocycles. The number of benzene rings is 1. The van der Waals surface area contributed by atoms with Gasteiger partial charge in [0.2, 0.25) is 0 Å². The van der Waals surface area contributed by atoms with Gasteiger partial charge in [-0.1, -0.05) is 15.9 Å². The van der Waals surface area contributed by atoms with Gasteiger partial charge in [0, 0.05) is 10.2 Å². The van der Waals surface area contributed by atoms with E-state index in [4.69, 9.17) is 9.84 Å². The van der Waals surface area contributed by atoms with Crippen molar-refractivity contribution in [3.8, 4) is 0 Å². The van der Waals surface area contributed by atoms with E-state index < -0.39 is 18.2 Å². The minimum Gasteiger partial charge on any atom is -0.479 e. The van der Waals surface area contributed by atoms with E-state index in [1.807, 2.05) is 26.0 Å². The normalized spacial score (nSPS) is 21.8. The van der Waals surface area contributed by atoms with Crippen molar-refractivity contribution >= 4 is 33.5 Å². The Bertz CT molecular complexity index is 535. The first-order valence-electron chi connectivity index (χ1n) is 6.34. The summed E-state index contributed by atoms with van der Waals surface area (Å²) in [4.78, 5) is 22.8. The number of ether oxygens (including phenoxy) is 1. The molecule has 20 heavy (non-hydrogen) atoms. The average Bonchev–Trinajstić information content (AvgIpc) is 2.85. The van der Waals surface area contributed by atoms with Crippen LogP contribution in [0.5, 0.6) is 0 Å². The van der Waals surface area contributed by atoms with Crippen molar-refractivity contribution in [2.45, 2.75) is 38.9 Å². The Morgan fingerprint density at radius 3 is 2.30 bits per heavy atom. The van der Waals surface area contributed by atoms with Crippen molar-refractivity contribution in [1.82, 2.24) is 0 Å². The predicted octanol–water partition coefficient (Wildman–Crippen LogP) is 2.64. The van der Waals surface area contributed by atoms with Crippen molar-refractivity contribution < 1.29 is 19.4 Å². The lowest BCUT2D eigenvalue weighted by Crippen LogP contribution is -2.30. The van der Waals surface area contributed by atoms with Gasteiger partial charge in [-0.15, -0.1) is 0 Å². The molecule has 6 heteroatoms. The van der Waals surface area contributed by atoms with E-state index >= 15 is 0 Å². The summed E-state index contributed by atoms with van der Waals surface area (Å²) in [6, 6.07) is 3.72. The van der Waals surface area contributed by atoms with Gasteiger partial charge in [-0.3, -0.25) is 4.79 Å². The summed E-state index contributed by atoms with van der Waals surface area (Å²) in [7, 11) is 0. The lowest BCUT2D eigenvalue weighted by molar-refractivity contribution is -0.150. The van der Waals surface area contributed by atoms with Crippen LogP contribution >= 0.6 is 15.9 Å². The van der Waals surface area contributed by atoms with Gasteiger partial charge in [0.25, 0.3) is 5.91 Å². The molecule has 1 saturated heterocycles. The highest BCUT2D eigenvalue weighted by atomic mass is 79.9. The standard InChI is InChI=1S/C14H16BrNO4/c1-7-5-9(6-8(2)12(7)15)16-13(17)10-3-4-11(20-10)14(18)19/h5-6,10-11H,3-4H2,1-2H3,(H,16,17)(H,18,19)/t10-,11+/m0/s1. The van der Waals surface area contributed by atoms with Crippen LogP contribution in [0.1, 0.15) is 24.0 Å². The van der Waals surface area contributed by atoms with Crippen molar-refractivity contribution in [2.24, 2.45) is 0 Å². The van der Waals surface area contributed by atoms with Crippen LogP contribution in [-0.4, -0.2) is 29.2 Å². The minimum atomic E-state index is -1.02. The lowest BCUT2D eigenvalue weighted by Gasteiger charge is -2.13. The number of halogens is 1. The molecule has 2 atom stereocenters. The number of aliphatic carboxylic acids is 1. The van der Waals surface area contributed by atoms with Gasteiger partial charge in [0.1, 0.15) is 6.10 Å². The molecular weight excluding hydrogens is 326 g/mol. The Balaban J connectivity index is 2.04. The predicted molar refractivity (Wildman–Crippen MR) is 77.8 cm³/mol. The second-order valence-electron chi connectivity index (χ2n) is 4.94. The molecule has 0 bridgehead atoms. The van der Waals surface area contributed by atoms with E-state index in [2.05, 4.69) is 21.2 Å². The van der Waals surface area contributed by atoms with Crippen LogP contribution in [0.4, 0.5) is 5.69 Å². The molecule has 2 rings (SSSR count). The van der Waals surface area contributed by atoms with Gasteiger partial charge in [-0.2, -0.15) is 0 Å². The lowest BCUT2D eigenvalue weighted by atomic mass is 10.1. The fourth-order valence-electron chi connectivity index (χ4n) is 2.25. The van der Waals surface area contributed by atoms with Crippen molar-refractivity contribution in [2.75, 3.05) is 5.32 Å². The topological polar surface area (TPSA) is 75.6 Å². The first-order chi connectivity index (χ1) is 9.38. The minimum absolute atomic E-state index is 0.296. The van der Waals surface area contributed by atoms with E-state index in [1.54, 1.807) is 0 Å². The van der Waals surface area contributed by atoms with Crippen LogP contribution in [0.2, 0.25) is 0 Å². The smallest absolute Gasteiger partial charge is 0.332 e. The molecular formula is C14H16BrNO4. The van der Waals surface area contributed by atoms with Gasteiger partial charge >= 0.3 is 5.97 Å². The van der Waals surface area contributed by atoms with E-state index in [1.165, 1.54) is 0 Å². The molecule has 0 aromatic heterocycles. The van der Waals surface area contributed by atoms with Crippen LogP contribution in [0.15, 0.2) is 16.6 Å². The van der Waals surface area contributed by atoms with Crippen LogP contribution in [0.25, 0.3) is 0 Å². The van der Waals surface area contributed by atoms with Crippen molar-refractivity contribution in [3.63, 3.8) is 0 Å².